The van der Waals surface area contributed by atoms with E-state index in [1.807, 2.05) is 0 Å². The number of hydrogen-bond acceptors (Lipinski definition) is 2. The van der Waals surface area contributed by atoms with Crippen molar-refractivity contribution in [2.45, 2.75) is 32.6 Å². The molecule has 0 aromatic carbocycles. The van der Waals surface area contributed by atoms with Crippen LogP contribution in [0.4, 0.5) is 0 Å². The Morgan fingerprint density at radius 3 is 2.80 bits per heavy atom. The summed E-state index contributed by atoms with van der Waals surface area (Å²) in [5, 5.41) is 2.88. The Morgan fingerprint density at radius 2 is 2.27 bits per heavy atom. The van der Waals surface area contributed by atoms with Gasteiger partial charge in [-0.3, -0.25) is 9.59 Å². The Bertz CT molecular complexity index is 241. The molecule has 4 heteroatoms. The summed E-state index contributed by atoms with van der Waals surface area (Å²) in [4.78, 5) is 24.4. The van der Waals surface area contributed by atoms with Crippen LogP contribution in [0, 0.1) is 5.92 Å². The van der Waals surface area contributed by atoms with Gasteiger partial charge in [0.1, 0.15) is 0 Å². The molecule has 1 saturated heterocycles. The zero-order valence-electron chi connectivity index (χ0n) is 9.58. The van der Waals surface area contributed by atoms with Gasteiger partial charge in [-0.25, -0.2) is 0 Å². The molecule has 1 rings (SSSR count). The van der Waals surface area contributed by atoms with Crippen LogP contribution in [0.3, 0.4) is 0 Å². The minimum atomic E-state index is -0.135. The van der Waals surface area contributed by atoms with Crippen molar-refractivity contribution >= 4 is 11.8 Å². The van der Waals surface area contributed by atoms with Gasteiger partial charge in [0.2, 0.25) is 11.8 Å². The first-order valence-corrected chi connectivity index (χ1v) is 5.66. The zero-order chi connectivity index (χ0) is 11.3. The van der Waals surface area contributed by atoms with E-state index in [1.54, 1.807) is 11.9 Å². The van der Waals surface area contributed by atoms with Crippen LogP contribution in [0.15, 0.2) is 0 Å². The third-order valence-corrected chi connectivity index (χ3v) is 2.79. The fraction of sp³-hybridized carbons (Fsp3) is 0.818. The van der Waals surface area contributed by atoms with Crippen molar-refractivity contribution in [2.24, 2.45) is 5.92 Å². The maximum atomic E-state index is 11.6. The summed E-state index contributed by atoms with van der Waals surface area (Å²) in [6.45, 7) is 3.44. The van der Waals surface area contributed by atoms with E-state index in [-0.39, 0.29) is 17.7 Å². The number of amides is 2. The lowest BCUT2D eigenvalue weighted by molar-refractivity contribution is -0.128. The van der Waals surface area contributed by atoms with Crippen LogP contribution in [0.1, 0.15) is 32.6 Å². The molecule has 1 fully saturated rings. The number of nitrogens with one attached hydrogen (secondary N) is 1. The van der Waals surface area contributed by atoms with Gasteiger partial charge in [-0.1, -0.05) is 19.8 Å². The van der Waals surface area contributed by atoms with E-state index < -0.39 is 0 Å². The zero-order valence-corrected chi connectivity index (χ0v) is 9.58. The van der Waals surface area contributed by atoms with E-state index in [4.69, 9.17) is 0 Å². The monoisotopic (exact) mass is 212 g/mol. The summed E-state index contributed by atoms with van der Waals surface area (Å²) in [6.07, 6.45) is 3.69. The van der Waals surface area contributed by atoms with Crippen LogP contribution >= 0.6 is 0 Å². The number of nitrogens with zero attached hydrogens (tertiary/aromatic N) is 1. The Labute approximate surface area is 91.0 Å². The van der Waals surface area contributed by atoms with Crippen molar-refractivity contribution in [3.8, 4) is 0 Å². The quantitative estimate of drug-likeness (QED) is 0.684. The molecule has 1 aliphatic rings. The van der Waals surface area contributed by atoms with Crippen LogP contribution in [0.25, 0.3) is 0 Å². The van der Waals surface area contributed by atoms with Crippen LogP contribution < -0.4 is 5.32 Å². The van der Waals surface area contributed by atoms with Gasteiger partial charge in [0, 0.05) is 26.6 Å². The number of carbonyl (C=O) groups is 2. The molecule has 15 heavy (non-hydrogen) atoms. The highest BCUT2D eigenvalue weighted by molar-refractivity contribution is 5.89. The Kier molecular flexibility index (Phi) is 4.59. The first kappa shape index (κ1) is 12.0. The number of rotatable bonds is 5. The molecule has 0 saturated carbocycles. The molecular weight excluding hydrogens is 192 g/mol. The largest absolute Gasteiger partial charge is 0.356 e. The highest BCUT2D eigenvalue weighted by atomic mass is 16.2. The van der Waals surface area contributed by atoms with Gasteiger partial charge in [0.15, 0.2) is 0 Å². The topological polar surface area (TPSA) is 49.4 Å². The second-order valence-electron chi connectivity index (χ2n) is 4.17. The molecule has 2 amide bonds. The Balaban J connectivity index is 2.21. The van der Waals surface area contributed by atoms with Crippen molar-refractivity contribution in [3.05, 3.63) is 0 Å². The van der Waals surface area contributed by atoms with Gasteiger partial charge >= 0.3 is 0 Å². The molecule has 0 spiro atoms. The molecule has 0 aromatic heterocycles. The third kappa shape index (κ3) is 3.53. The minimum absolute atomic E-state index is 0.0313. The Morgan fingerprint density at radius 1 is 1.53 bits per heavy atom. The summed E-state index contributed by atoms with van der Waals surface area (Å²) in [5.74, 6) is -0.0309. The van der Waals surface area contributed by atoms with Crippen LogP contribution in [-0.2, 0) is 9.59 Å². The molecule has 1 aliphatic heterocycles. The normalized spacial score (nSPS) is 20.8. The molecule has 0 aliphatic carbocycles. The smallest absolute Gasteiger partial charge is 0.225 e. The van der Waals surface area contributed by atoms with Crippen LogP contribution in [-0.4, -0.2) is 36.9 Å². The van der Waals surface area contributed by atoms with Crippen molar-refractivity contribution < 1.29 is 9.59 Å². The lowest BCUT2D eigenvalue weighted by Crippen LogP contribution is -2.32. The molecule has 86 valence electrons. The molecule has 1 N–H and O–H groups in total. The van der Waals surface area contributed by atoms with E-state index in [1.165, 1.54) is 0 Å². The van der Waals surface area contributed by atoms with Crippen molar-refractivity contribution in [1.82, 2.24) is 10.2 Å². The second-order valence-corrected chi connectivity index (χ2v) is 4.17. The first-order chi connectivity index (χ1) is 7.15. The minimum Gasteiger partial charge on any atom is -0.356 e. The number of unbranched alkanes of at least 4 members (excludes halogenated alkanes) is 2. The number of carbonyl (C=O) groups excluding carboxylic acids is 2. The standard InChI is InChI=1S/C11H20N2O2/c1-3-4-5-6-12-11(15)9-7-10(14)13(2)8-9/h9H,3-8H2,1-2H3,(H,12,15). The maximum absolute atomic E-state index is 11.6. The molecule has 0 aromatic rings. The lowest BCUT2D eigenvalue weighted by Gasteiger charge is -2.10. The maximum Gasteiger partial charge on any atom is 0.225 e. The van der Waals surface area contributed by atoms with E-state index in [9.17, 15) is 9.59 Å². The molecule has 1 heterocycles. The first-order valence-electron chi connectivity index (χ1n) is 5.66. The van der Waals surface area contributed by atoms with Crippen LogP contribution in [0.2, 0.25) is 0 Å². The lowest BCUT2D eigenvalue weighted by atomic mass is 10.1. The third-order valence-electron chi connectivity index (χ3n) is 2.79. The second kappa shape index (κ2) is 5.73. The molecular formula is C11H20N2O2. The fourth-order valence-electron chi connectivity index (χ4n) is 1.77. The van der Waals surface area contributed by atoms with Gasteiger partial charge in [0.05, 0.1) is 5.92 Å². The summed E-state index contributed by atoms with van der Waals surface area (Å²) >= 11 is 0. The highest BCUT2D eigenvalue weighted by Crippen LogP contribution is 2.15. The van der Waals surface area contributed by atoms with E-state index >= 15 is 0 Å². The molecule has 1 unspecified atom stereocenters. The SMILES string of the molecule is CCCCCNC(=O)C1CC(=O)N(C)C1. The number of hydrogen-bond donors (Lipinski definition) is 1. The summed E-state index contributed by atoms with van der Waals surface area (Å²) in [5.41, 5.74) is 0. The summed E-state index contributed by atoms with van der Waals surface area (Å²) < 4.78 is 0. The van der Waals surface area contributed by atoms with E-state index in [0.717, 1.165) is 25.8 Å². The van der Waals surface area contributed by atoms with Gasteiger partial charge in [-0.05, 0) is 6.42 Å². The predicted octanol–water partition coefficient (Wildman–Crippen LogP) is 0.771. The summed E-state index contributed by atoms with van der Waals surface area (Å²) in [7, 11) is 1.74. The van der Waals surface area contributed by atoms with E-state index in [2.05, 4.69) is 12.2 Å². The fourth-order valence-corrected chi connectivity index (χ4v) is 1.77. The van der Waals surface area contributed by atoms with E-state index in [0.29, 0.717) is 13.0 Å². The average Bonchev–Trinajstić information content (AvgIpc) is 2.54. The number of likely N-dealkylation sites (tertiary alicyclic amines) is 1. The molecule has 0 radical (unpaired) electrons. The molecule has 0 bridgehead atoms. The molecule has 4 nitrogen and oxygen atoms in total. The predicted molar refractivity (Wildman–Crippen MR) is 58.3 cm³/mol. The van der Waals surface area contributed by atoms with Gasteiger partial charge in [-0.2, -0.15) is 0 Å². The van der Waals surface area contributed by atoms with Crippen molar-refractivity contribution in [1.29, 1.82) is 0 Å². The average molecular weight is 212 g/mol. The summed E-state index contributed by atoms with van der Waals surface area (Å²) in [6, 6.07) is 0. The highest BCUT2D eigenvalue weighted by Gasteiger charge is 2.31. The van der Waals surface area contributed by atoms with Gasteiger partial charge < -0.3 is 10.2 Å². The molecule has 1 atom stereocenters. The van der Waals surface area contributed by atoms with Gasteiger partial charge in [0.25, 0.3) is 0 Å². The van der Waals surface area contributed by atoms with Crippen molar-refractivity contribution in [2.75, 3.05) is 20.1 Å². The van der Waals surface area contributed by atoms with Gasteiger partial charge in [-0.15, -0.1) is 0 Å². The van der Waals surface area contributed by atoms with Crippen molar-refractivity contribution in [3.63, 3.8) is 0 Å². The Hall–Kier alpha value is -1.06. The van der Waals surface area contributed by atoms with Crippen LogP contribution in [0.5, 0.6) is 0 Å².